The maximum atomic E-state index is 12.8. The van der Waals surface area contributed by atoms with Crippen molar-refractivity contribution >= 4 is 16.7 Å². The van der Waals surface area contributed by atoms with Gasteiger partial charge in [0.05, 0.1) is 0 Å². The van der Waals surface area contributed by atoms with E-state index in [4.69, 9.17) is 5.73 Å². The largest absolute Gasteiger partial charge is 0.334 e. The number of carbonyl (C=O) groups excluding carboxylic acids is 1. The third-order valence-corrected chi connectivity index (χ3v) is 4.01. The van der Waals surface area contributed by atoms with Gasteiger partial charge in [0.1, 0.15) is 0 Å². The number of rotatable bonds is 6. The van der Waals surface area contributed by atoms with Crippen molar-refractivity contribution in [2.45, 2.75) is 32.7 Å². The van der Waals surface area contributed by atoms with Crippen LogP contribution in [-0.4, -0.2) is 29.9 Å². The first-order valence-corrected chi connectivity index (χ1v) is 7.71. The van der Waals surface area contributed by atoms with Gasteiger partial charge >= 0.3 is 0 Å². The summed E-state index contributed by atoms with van der Waals surface area (Å²) in [6.07, 6.45) is 1.91. The van der Waals surface area contributed by atoms with E-state index in [1.807, 2.05) is 41.3 Å². The number of nitrogens with two attached hydrogens (primary N) is 1. The van der Waals surface area contributed by atoms with Gasteiger partial charge in [0.25, 0.3) is 5.91 Å². The lowest BCUT2D eigenvalue weighted by molar-refractivity contribution is 0.0674. The quantitative estimate of drug-likeness (QED) is 0.883. The summed E-state index contributed by atoms with van der Waals surface area (Å²) in [5, 5.41) is 2.25. The molecule has 0 aliphatic heterocycles. The van der Waals surface area contributed by atoms with Crippen molar-refractivity contribution in [1.82, 2.24) is 4.90 Å². The van der Waals surface area contributed by atoms with Crippen LogP contribution < -0.4 is 5.73 Å². The molecule has 0 radical (unpaired) electrons. The monoisotopic (exact) mass is 284 g/mol. The van der Waals surface area contributed by atoms with Gasteiger partial charge in [-0.15, -0.1) is 0 Å². The van der Waals surface area contributed by atoms with Gasteiger partial charge in [0, 0.05) is 24.7 Å². The summed E-state index contributed by atoms with van der Waals surface area (Å²) in [4.78, 5) is 14.7. The zero-order valence-corrected chi connectivity index (χ0v) is 12.9. The maximum Gasteiger partial charge on any atom is 0.254 e. The summed E-state index contributed by atoms with van der Waals surface area (Å²) in [7, 11) is 0. The number of benzene rings is 2. The molecular formula is C18H24N2O. The second-order valence-corrected chi connectivity index (χ2v) is 5.32. The van der Waals surface area contributed by atoms with Crippen molar-refractivity contribution in [3.05, 3.63) is 48.0 Å². The first-order chi connectivity index (χ1) is 10.2. The first-order valence-electron chi connectivity index (χ1n) is 7.71. The van der Waals surface area contributed by atoms with Crippen LogP contribution in [0.1, 0.15) is 37.0 Å². The van der Waals surface area contributed by atoms with Crippen LogP contribution >= 0.6 is 0 Å². The molecule has 0 aliphatic carbocycles. The molecule has 0 aliphatic rings. The van der Waals surface area contributed by atoms with Crippen LogP contribution in [0.4, 0.5) is 0 Å². The van der Waals surface area contributed by atoms with Crippen LogP contribution in [0.3, 0.4) is 0 Å². The minimum absolute atomic E-state index is 0.0832. The predicted octanol–water partition coefficient (Wildman–Crippen LogP) is 3.43. The van der Waals surface area contributed by atoms with Crippen molar-refractivity contribution in [2.24, 2.45) is 5.73 Å². The number of fused-ring (bicyclic) bond motifs is 1. The van der Waals surface area contributed by atoms with E-state index < -0.39 is 0 Å². The molecule has 0 saturated carbocycles. The van der Waals surface area contributed by atoms with Crippen molar-refractivity contribution in [3.63, 3.8) is 0 Å². The molecule has 3 nitrogen and oxygen atoms in total. The Morgan fingerprint density at radius 3 is 2.38 bits per heavy atom. The molecule has 0 aromatic heterocycles. The smallest absolute Gasteiger partial charge is 0.254 e. The van der Waals surface area contributed by atoms with Crippen LogP contribution in [0.25, 0.3) is 10.8 Å². The Bertz CT molecular complexity index is 605. The Balaban J connectivity index is 2.33. The van der Waals surface area contributed by atoms with Crippen LogP contribution in [0.5, 0.6) is 0 Å². The van der Waals surface area contributed by atoms with Crippen LogP contribution in [0.15, 0.2) is 42.5 Å². The summed E-state index contributed by atoms with van der Waals surface area (Å²) in [5.74, 6) is 0.0832. The third-order valence-electron chi connectivity index (χ3n) is 4.01. The molecule has 112 valence electrons. The third kappa shape index (κ3) is 3.42. The Labute approximate surface area is 126 Å². The van der Waals surface area contributed by atoms with E-state index in [-0.39, 0.29) is 11.9 Å². The van der Waals surface area contributed by atoms with E-state index >= 15 is 0 Å². The lowest BCUT2D eigenvalue weighted by Crippen LogP contribution is -2.42. The second-order valence-electron chi connectivity index (χ2n) is 5.32. The molecule has 0 unspecified atom stereocenters. The molecule has 0 atom stereocenters. The van der Waals surface area contributed by atoms with Crippen molar-refractivity contribution < 1.29 is 4.79 Å². The molecule has 2 N–H and O–H groups in total. The molecule has 0 bridgehead atoms. The summed E-state index contributed by atoms with van der Waals surface area (Å²) in [6, 6.07) is 14.3. The van der Waals surface area contributed by atoms with Gasteiger partial charge in [0.2, 0.25) is 0 Å². The SMILES string of the molecule is CCC(CC)N(CCN)C(=O)c1ccc2ccccc2c1. The van der Waals surface area contributed by atoms with Gasteiger partial charge in [-0.2, -0.15) is 0 Å². The highest BCUT2D eigenvalue weighted by atomic mass is 16.2. The Morgan fingerprint density at radius 2 is 1.76 bits per heavy atom. The van der Waals surface area contributed by atoms with Crippen LogP contribution in [-0.2, 0) is 0 Å². The fourth-order valence-electron chi connectivity index (χ4n) is 2.81. The highest BCUT2D eigenvalue weighted by Crippen LogP contribution is 2.19. The van der Waals surface area contributed by atoms with Gasteiger partial charge in [-0.25, -0.2) is 0 Å². The summed E-state index contributed by atoms with van der Waals surface area (Å²) < 4.78 is 0. The fourth-order valence-corrected chi connectivity index (χ4v) is 2.81. The molecular weight excluding hydrogens is 260 g/mol. The van der Waals surface area contributed by atoms with Gasteiger partial charge in [-0.1, -0.05) is 44.2 Å². The molecule has 0 spiro atoms. The predicted molar refractivity (Wildman–Crippen MR) is 88.4 cm³/mol. The fraction of sp³-hybridized carbons (Fsp3) is 0.389. The van der Waals surface area contributed by atoms with E-state index in [2.05, 4.69) is 19.9 Å². The molecule has 0 fully saturated rings. The maximum absolute atomic E-state index is 12.8. The molecule has 2 aromatic carbocycles. The van der Waals surface area contributed by atoms with E-state index in [0.29, 0.717) is 13.1 Å². The molecule has 2 rings (SSSR count). The average molecular weight is 284 g/mol. The molecule has 0 heterocycles. The van der Waals surface area contributed by atoms with E-state index in [0.717, 1.165) is 29.2 Å². The zero-order chi connectivity index (χ0) is 15.2. The Kier molecular flexibility index (Phi) is 5.34. The van der Waals surface area contributed by atoms with Crippen molar-refractivity contribution in [2.75, 3.05) is 13.1 Å². The molecule has 1 amide bonds. The molecule has 2 aromatic rings. The zero-order valence-electron chi connectivity index (χ0n) is 12.9. The molecule has 3 heteroatoms. The van der Waals surface area contributed by atoms with E-state index in [9.17, 15) is 4.79 Å². The average Bonchev–Trinajstić information content (AvgIpc) is 2.54. The normalized spacial score (nSPS) is 11.0. The van der Waals surface area contributed by atoms with Crippen LogP contribution in [0.2, 0.25) is 0 Å². The Hall–Kier alpha value is -1.87. The lowest BCUT2D eigenvalue weighted by atomic mass is 10.0. The summed E-state index contributed by atoms with van der Waals surface area (Å²) >= 11 is 0. The second kappa shape index (κ2) is 7.23. The highest BCUT2D eigenvalue weighted by Gasteiger charge is 2.21. The number of nitrogens with zero attached hydrogens (tertiary/aromatic N) is 1. The summed E-state index contributed by atoms with van der Waals surface area (Å²) in [6.45, 7) is 5.34. The van der Waals surface area contributed by atoms with Crippen molar-refractivity contribution in [1.29, 1.82) is 0 Å². The minimum Gasteiger partial charge on any atom is -0.334 e. The first kappa shape index (κ1) is 15.5. The van der Waals surface area contributed by atoms with Gasteiger partial charge < -0.3 is 10.6 Å². The number of amides is 1. The minimum atomic E-state index is 0.0832. The highest BCUT2D eigenvalue weighted by molar-refractivity contribution is 5.98. The molecule has 0 saturated heterocycles. The van der Waals surface area contributed by atoms with Crippen LogP contribution in [0, 0.1) is 0 Å². The van der Waals surface area contributed by atoms with Gasteiger partial charge in [-0.05, 0) is 35.7 Å². The van der Waals surface area contributed by atoms with Crippen molar-refractivity contribution in [3.8, 4) is 0 Å². The lowest BCUT2D eigenvalue weighted by Gasteiger charge is -2.30. The van der Waals surface area contributed by atoms with E-state index in [1.165, 1.54) is 0 Å². The van der Waals surface area contributed by atoms with Gasteiger partial charge in [0.15, 0.2) is 0 Å². The Morgan fingerprint density at radius 1 is 1.10 bits per heavy atom. The molecule has 21 heavy (non-hydrogen) atoms. The summed E-state index contributed by atoms with van der Waals surface area (Å²) in [5.41, 5.74) is 6.43. The van der Waals surface area contributed by atoms with E-state index in [1.54, 1.807) is 0 Å². The number of hydrogen-bond acceptors (Lipinski definition) is 2. The number of hydrogen-bond donors (Lipinski definition) is 1. The number of carbonyl (C=O) groups is 1. The topological polar surface area (TPSA) is 46.3 Å². The standard InChI is InChI=1S/C18H24N2O/c1-3-17(4-2)20(12-11-19)18(21)16-10-9-14-7-5-6-8-15(14)13-16/h5-10,13,17H,3-4,11-12,19H2,1-2H3. The van der Waals surface area contributed by atoms with Gasteiger partial charge in [-0.3, -0.25) is 4.79 Å².